The quantitative estimate of drug-likeness (QED) is 0.322. The number of nitrogens with zero attached hydrogens (tertiary/aromatic N) is 1. The molecule has 0 rings (SSSR count). The largest absolute Gasteiger partial charge is 0.371 e. The molecule has 0 saturated carbocycles. The minimum atomic E-state index is 0.378. The highest BCUT2D eigenvalue weighted by Crippen LogP contribution is 1.88. The summed E-state index contributed by atoms with van der Waals surface area (Å²) in [5, 5.41) is 0. The summed E-state index contributed by atoms with van der Waals surface area (Å²) in [6, 6.07) is 0. The van der Waals surface area contributed by atoms with Crippen molar-refractivity contribution in [2.75, 3.05) is 40.9 Å². The van der Waals surface area contributed by atoms with Gasteiger partial charge in [-0.3, -0.25) is 0 Å². The van der Waals surface area contributed by atoms with Crippen molar-refractivity contribution in [1.29, 1.82) is 0 Å². The van der Waals surface area contributed by atoms with E-state index < -0.39 is 0 Å². The highest BCUT2D eigenvalue weighted by atomic mass is 16.5. The van der Waals surface area contributed by atoms with Gasteiger partial charge in [-0.05, 0) is 0 Å². The summed E-state index contributed by atoms with van der Waals surface area (Å²) in [5.74, 6) is 1.66. The van der Waals surface area contributed by atoms with Crippen LogP contribution in [-0.2, 0) is 9.53 Å². The number of quaternary nitrogens is 1. The normalized spacial score (nSPS) is 10.8. The molecule has 0 aliphatic rings. The lowest BCUT2D eigenvalue weighted by Crippen LogP contribution is -2.37. The molecule has 0 aromatic rings. The van der Waals surface area contributed by atoms with Crippen LogP contribution in [0.3, 0.4) is 0 Å². The van der Waals surface area contributed by atoms with Gasteiger partial charge < -0.3 is 9.22 Å². The van der Waals surface area contributed by atoms with E-state index in [1.165, 1.54) is 6.08 Å². The summed E-state index contributed by atoms with van der Waals surface area (Å²) in [6.45, 7) is 2.01. The van der Waals surface area contributed by atoms with Crippen LogP contribution in [0.15, 0.2) is 6.08 Å². The van der Waals surface area contributed by atoms with E-state index in [2.05, 4.69) is 21.1 Å². The number of rotatable bonds is 5. The molecule has 0 spiro atoms. The molecule has 64 valence electrons. The Kier molecular flexibility index (Phi) is 4.79. The molecule has 0 bridgehead atoms. The lowest BCUT2D eigenvalue weighted by atomic mass is 10.5. The first kappa shape index (κ1) is 10.4. The van der Waals surface area contributed by atoms with Crippen LogP contribution in [0.4, 0.5) is 0 Å². The van der Waals surface area contributed by atoms with Gasteiger partial charge in [-0.15, -0.1) is 0 Å². The van der Waals surface area contributed by atoms with Crippen molar-refractivity contribution >= 4 is 5.94 Å². The first-order valence-corrected chi connectivity index (χ1v) is 3.64. The zero-order chi connectivity index (χ0) is 8.74. The Balaban J connectivity index is 3.21. The first-order valence-electron chi connectivity index (χ1n) is 3.64. The molecule has 0 aliphatic heterocycles. The third kappa shape index (κ3) is 9.37. The van der Waals surface area contributed by atoms with E-state index in [0.29, 0.717) is 13.2 Å². The maximum atomic E-state index is 9.70. The standard InChI is InChI=1S/C8H16NO2/c1-9(2,3)5-8-11-7-4-6-10/h4H,5,7-8H2,1-3H3/q+1. The SMILES string of the molecule is C[N+](C)(C)CCOCC=C=O. The van der Waals surface area contributed by atoms with Crippen LogP contribution >= 0.6 is 0 Å². The summed E-state index contributed by atoms with van der Waals surface area (Å²) in [4.78, 5) is 9.70. The number of hydrogen-bond acceptors (Lipinski definition) is 2. The van der Waals surface area contributed by atoms with Crippen LogP contribution in [0.2, 0.25) is 0 Å². The van der Waals surface area contributed by atoms with Crippen LogP contribution in [0, 0.1) is 0 Å². The van der Waals surface area contributed by atoms with Gasteiger partial charge in [-0.1, -0.05) is 0 Å². The third-order valence-corrected chi connectivity index (χ3v) is 1.19. The summed E-state index contributed by atoms with van der Waals surface area (Å²) >= 11 is 0. The van der Waals surface area contributed by atoms with Gasteiger partial charge in [0.25, 0.3) is 0 Å². The molecule has 0 radical (unpaired) electrons. The topological polar surface area (TPSA) is 26.3 Å². The third-order valence-electron chi connectivity index (χ3n) is 1.19. The average molecular weight is 158 g/mol. The lowest BCUT2D eigenvalue weighted by Gasteiger charge is -2.23. The fraction of sp³-hybridized carbons (Fsp3) is 0.750. The molecule has 0 aromatic heterocycles. The first-order chi connectivity index (χ1) is 5.06. The van der Waals surface area contributed by atoms with E-state index in [1.54, 1.807) is 5.94 Å². The number of likely N-dealkylation sites (N-methyl/N-ethyl adjacent to an activating group) is 1. The van der Waals surface area contributed by atoms with E-state index >= 15 is 0 Å². The maximum Gasteiger partial charge on any atom is 0.122 e. The highest BCUT2D eigenvalue weighted by Gasteiger charge is 2.04. The summed E-state index contributed by atoms with van der Waals surface area (Å²) in [6.07, 6.45) is 1.34. The number of hydrogen-bond donors (Lipinski definition) is 0. The Bertz CT molecular complexity index is 143. The van der Waals surface area contributed by atoms with Crippen molar-refractivity contribution in [3.8, 4) is 0 Å². The molecule has 0 saturated heterocycles. The number of ether oxygens (including phenoxy) is 1. The van der Waals surface area contributed by atoms with Gasteiger partial charge >= 0.3 is 0 Å². The Hall–Kier alpha value is -0.630. The second-order valence-corrected chi connectivity index (χ2v) is 3.41. The van der Waals surface area contributed by atoms with Crippen molar-refractivity contribution in [2.24, 2.45) is 0 Å². The van der Waals surface area contributed by atoms with Gasteiger partial charge in [0.05, 0.1) is 34.4 Å². The molecule has 0 unspecified atom stereocenters. The van der Waals surface area contributed by atoms with E-state index in [1.807, 2.05) is 0 Å². The van der Waals surface area contributed by atoms with Gasteiger partial charge in [0.2, 0.25) is 0 Å². The van der Waals surface area contributed by atoms with Crippen LogP contribution < -0.4 is 0 Å². The smallest absolute Gasteiger partial charge is 0.122 e. The van der Waals surface area contributed by atoms with Crippen molar-refractivity contribution < 1.29 is 14.0 Å². The van der Waals surface area contributed by atoms with E-state index in [9.17, 15) is 4.79 Å². The van der Waals surface area contributed by atoms with E-state index in [0.717, 1.165) is 11.0 Å². The van der Waals surface area contributed by atoms with Crippen molar-refractivity contribution in [2.45, 2.75) is 0 Å². The van der Waals surface area contributed by atoms with Crippen molar-refractivity contribution in [1.82, 2.24) is 0 Å². The lowest BCUT2D eigenvalue weighted by molar-refractivity contribution is -0.870. The summed E-state index contributed by atoms with van der Waals surface area (Å²) in [7, 11) is 6.29. The summed E-state index contributed by atoms with van der Waals surface area (Å²) in [5.41, 5.74) is 0. The fourth-order valence-corrected chi connectivity index (χ4v) is 0.515. The molecule has 0 atom stereocenters. The van der Waals surface area contributed by atoms with Crippen LogP contribution in [-0.4, -0.2) is 51.3 Å². The van der Waals surface area contributed by atoms with Crippen molar-refractivity contribution in [3.63, 3.8) is 0 Å². The van der Waals surface area contributed by atoms with Crippen molar-refractivity contribution in [3.05, 3.63) is 6.08 Å². The monoisotopic (exact) mass is 158 g/mol. The van der Waals surface area contributed by atoms with Gasteiger partial charge in [0.1, 0.15) is 12.5 Å². The van der Waals surface area contributed by atoms with Crippen LogP contribution in [0.5, 0.6) is 0 Å². The Morgan fingerprint density at radius 3 is 2.55 bits per heavy atom. The molecule has 0 N–H and O–H groups in total. The second kappa shape index (κ2) is 5.08. The predicted molar refractivity (Wildman–Crippen MR) is 44.0 cm³/mol. The van der Waals surface area contributed by atoms with E-state index in [4.69, 9.17) is 4.74 Å². The molecule has 0 amide bonds. The molecule has 0 aliphatic carbocycles. The van der Waals surface area contributed by atoms with Gasteiger partial charge in [-0.25, -0.2) is 4.79 Å². The average Bonchev–Trinajstić information content (AvgIpc) is 1.85. The van der Waals surface area contributed by atoms with Crippen LogP contribution in [0.1, 0.15) is 0 Å². The van der Waals surface area contributed by atoms with Gasteiger partial charge in [0.15, 0.2) is 0 Å². The molecule has 0 heterocycles. The summed E-state index contributed by atoms with van der Waals surface area (Å²) < 4.78 is 6.00. The maximum absolute atomic E-state index is 9.70. The van der Waals surface area contributed by atoms with E-state index in [-0.39, 0.29) is 0 Å². The number of carbonyl (C=O) groups excluding carboxylic acids is 1. The Morgan fingerprint density at radius 1 is 1.45 bits per heavy atom. The second-order valence-electron chi connectivity index (χ2n) is 3.41. The molecular weight excluding hydrogens is 142 g/mol. The zero-order valence-electron chi connectivity index (χ0n) is 7.46. The molecule has 0 aromatic carbocycles. The minimum absolute atomic E-state index is 0.378. The predicted octanol–water partition coefficient (Wildman–Crippen LogP) is 0.0970. The molecule has 0 fully saturated rings. The van der Waals surface area contributed by atoms with Gasteiger partial charge in [0, 0.05) is 6.08 Å². The zero-order valence-corrected chi connectivity index (χ0v) is 7.46. The molecule has 11 heavy (non-hydrogen) atoms. The Labute approximate surface area is 67.8 Å². The molecule has 3 nitrogen and oxygen atoms in total. The minimum Gasteiger partial charge on any atom is -0.371 e. The van der Waals surface area contributed by atoms with Gasteiger partial charge in [-0.2, -0.15) is 0 Å². The molecular formula is C8H16NO2+. The Morgan fingerprint density at radius 2 is 2.09 bits per heavy atom. The highest BCUT2D eigenvalue weighted by molar-refractivity contribution is 5.44. The molecule has 3 heteroatoms. The fourth-order valence-electron chi connectivity index (χ4n) is 0.515. The van der Waals surface area contributed by atoms with Crippen LogP contribution in [0.25, 0.3) is 0 Å².